The van der Waals surface area contributed by atoms with Crippen molar-refractivity contribution < 1.29 is 14.1 Å². The monoisotopic (exact) mass is 496 g/mol. The highest BCUT2D eigenvalue weighted by Crippen LogP contribution is 2.32. The van der Waals surface area contributed by atoms with Crippen LogP contribution >= 0.6 is 23.2 Å². The number of furan rings is 1. The van der Waals surface area contributed by atoms with Gasteiger partial charge in [-0.3, -0.25) is 14.9 Å². The molecule has 0 unspecified atom stereocenters. The van der Waals surface area contributed by atoms with E-state index in [0.717, 1.165) is 17.1 Å². The second-order valence-electron chi connectivity index (χ2n) is 7.44. The average molecular weight is 497 g/mol. The molecule has 34 heavy (non-hydrogen) atoms. The van der Waals surface area contributed by atoms with Crippen molar-refractivity contribution in [2.45, 2.75) is 13.8 Å². The largest absolute Gasteiger partial charge is 0.455 e. The number of nitro benzene ring substituents is 1. The number of amides is 1. The molecule has 2 heterocycles. The van der Waals surface area contributed by atoms with Crippen LogP contribution in [0.1, 0.15) is 27.5 Å². The van der Waals surface area contributed by atoms with E-state index < -0.39 is 10.8 Å². The minimum Gasteiger partial charge on any atom is -0.455 e. The van der Waals surface area contributed by atoms with Gasteiger partial charge in [-0.05, 0) is 62.4 Å². The van der Waals surface area contributed by atoms with E-state index in [2.05, 4.69) is 10.5 Å². The van der Waals surface area contributed by atoms with Crippen LogP contribution in [0, 0.1) is 24.0 Å². The van der Waals surface area contributed by atoms with Gasteiger partial charge in [-0.1, -0.05) is 23.2 Å². The van der Waals surface area contributed by atoms with Crippen LogP contribution in [0.3, 0.4) is 0 Å². The average Bonchev–Trinajstić information content (AvgIpc) is 3.39. The maximum atomic E-state index is 12.5. The number of nitrogens with one attached hydrogen (secondary N) is 1. The summed E-state index contributed by atoms with van der Waals surface area (Å²) in [7, 11) is 0. The van der Waals surface area contributed by atoms with E-state index in [4.69, 9.17) is 27.6 Å². The van der Waals surface area contributed by atoms with Gasteiger partial charge in [-0.2, -0.15) is 5.10 Å². The first kappa shape index (κ1) is 23.3. The predicted octanol–water partition coefficient (Wildman–Crippen LogP) is 6.33. The molecule has 4 rings (SSSR count). The fourth-order valence-electron chi connectivity index (χ4n) is 3.50. The zero-order valence-corrected chi connectivity index (χ0v) is 19.6. The minimum absolute atomic E-state index is 0.116. The third-order valence-electron chi connectivity index (χ3n) is 5.14. The first-order valence-corrected chi connectivity index (χ1v) is 10.8. The molecule has 2 aromatic carbocycles. The Labute approximate surface area is 204 Å². The van der Waals surface area contributed by atoms with Gasteiger partial charge in [0.25, 0.3) is 11.6 Å². The molecule has 0 saturated heterocycles. The van der Waals surface area contributed by atoms with Gasteiger partial charge >= 0.3 is 0 Å². The molecule has 2 aromatic heterocycles. The summed E-state index contributed by atoms with van der Waals surface area (Å²) in [5, 5.41) is 15.3. The van der Waals surface area contributed by atoms with Crippen LogP contribution in [0.2, 0.25) is 10.0 Å². The van der Waals surface area contributed by atoms with Gasteiger partial charge in [0, 0.05) is 34.8 Å². The Morgan fingerprint density at radius 3 is 2.41 bits per heavy atom. The molecule has 4 aromatic rings. The summed E-state index contributed by atoms with van der Waals surface area (Å²) in [5.74, 6) is 0.283. The van der Waals surface area contributed by atoms with Gasteiger partial charge in [-0.15, -0.1) is 0 Å². The Balaban J connectivity index is 1.45. The summed E-state index contributed by atoms with van der Waals surface area (Å²) >= 11 is 12.5. The first-order valence-electron chi connectivity index (χ1n) is 10.1. The van der Waals surface area contributed by atoms with Crippen LogP contribution in [0.5, 0.6) is 0 Å². The van der Waals surface area contributed by atoms with E-state index in [0.29, 0.717) is 22.1 Å². The molecule has 0 fully saturated rings. The van der Waals surface area contributed by atoms with Gasteiger partial charge in [0.05, 0.1) is 26.7 Å². The molecule has 0 spiro atoms. The van der Waals surface area contributed by atoms with E-state index in [-0.39, 0.29) is 16.3 Å². The smallest absolute Gasteiger partial charge is 0.272 e. The molecule has 0 radical (unpaired) electrons. The normalized spacial score (nSPS) is 11.2. The minimum atomic E-state index is -0.527. The third kappa shape index (κ3) is 4.73. The molecule has 0 aliphatic heterocycles. The quantitative estimate of drug-likeness (QED) is 0.191. The van der Waals surface area contributed by atoms with E-state index in [1.54, 1.807) is 24.3 Å². The van der Waals surface area contributed by atoms with Gasteiger partial charge in [0.1, 0.15) is 11.5 Å². The molecule has 1 amide bonds. The zero-order valence-electron chi connectivity index (χ0n) is 18.1. The predicted molar refractivity (Wildman–Crippen MR) is 131 cm³/mol. The van der Waals surface area contributed by atoms with Crippen molar-refractivity contribution >= 4 is 41.0 Å². The Morgan fingerprint density at radius 2 is 1.76 bits per heavy atom. The van der Waals surface area contributed by atoms with Crippen molar-refractivity contribution in [3.05, 3.63) is 104 Å². The van der Waals surface area contributed by atoms with E-state index in [1.165, 1.54) is 24.4 Å². The lowest BCUT2D eigenvalue weighted by Crippen LogP contribution is -2.18. The first-order chi connectivity index (χ1) is 16.2. The third-order valence-corrected chi connectivity index (χ3v) is 5.77. The number of hydrazone groups is 1. The highest BCUT2D eigenvalue weighted by atomic mass is 35.5. The highest BCUT2D eigenvalue weighted by molar-refractivity contribution is 6.34. The van der Waals surface area contributed by atoms with Gasteiger partial charge in [0.15, 0.2) is 0 Å². The molecular weight excluding hydrogens is 479 g/mol. The summed E-state index contributed by atoms with van der Waals surface area (Å²) in [5.41, 5.74) is 6.06. The molecule has 0 saturated carbocycles. The Bertz CT molecular complexity index is 1420. The number of non-ortho nitro benzene ring substituents is 1. The van der Waals surface area contributed by atoms with Crippen LogP contribution in [0.25, 0.3) is 17.0 Å². The van der Waals surface area contributed by atoms with Crippen LogP contribution in [0.4, 0.5) is 5.69 Å². The van der Waals surface area contributed by atoms with Crippen molar-refractivity contribution in [3.8, 4) is 17.0 Å². The second kappa shape index (κ2) is 9.54. The fourth-order valence-corrected chi connectivity index (χ4v) is 4.03. The molecule has 1 N–H and O–H groups in total. The fraction of sp³-hybridized carbons (Fsp3) is 0.0833. The number of carbonyl (C=O) groups excluding carboxylic acids is 1. The summed E-state index contributed by atoms with van der Waals surface area (Å²) in [6.07, 6.45) is 1.33. The summed E-state index contributed by atoms with van der Waals surface area (Å²) in [6.45, 7) is 3.98. The number of nitrogens with zero attached hydrogens (tertiary/aromatic N) is 3. The van der Waals surface area contributed by atoms with Crippen LogP contribution in [-0.4, -0.2) is 21.6 Å². The highest BCUT2D eigenvalue weighted by Gasteiger charge is 2.14. The molecule has 0 aliphatic rings. The number of aromatic nitrogens is 1. The van der Waals surface area contributed by atoms with E-state index in [9.17, 15) is 14.9 Å². The van der Waals surface area contributed by atoms with E-state index >= 15 is 0 Å². The second-order valence-corrected chi connectivity index (χ2v) is 8.25. The standard InChI is InChI=1S/C24H18Cl2N4O4/c1-14-3-4-15(2)29(14)16-5-9-20(22(26)11-16)24(31)28-27-13-18-7-10-23(34-18)19-8-6-17(30(32)33)12-21(19)25/h3-13H,1-2H3,(H,28,31)/b27-13-. The van der Waals surface area contributed by atoms with Crippen molar-refractivity contribution in [3.63, 3.8) is 0 Å². The Kier molecular flexibility index (Phi) is 6.54. The maximum Gasteiger partial charge on any atom is 0.272 e. The molecule has 10 heteroatoms. The van der Waals surface area contributed by atoms with Gasteiger partial charge in [0.2, 0.25) is 0 Å². The molecule has 0 bridgehead atoms. The SMILES string of the molecule is Cc1ccc(C)n1-c1ccc(C(=O)N/N=C\c2ccc(-c3ccc([N+](=O)[O-])cc3Cl)o2)c(Cl)c1. The van der Waals surface area contributed by atoms with Gasteiger partial charge in [-0.25, -0.2) is 5.43 Å². The van der Waals surface area contributed by atoms with Crippen molar-refractivity contribution in [2.75, 3.05) is 0 Å². The number of nitro groups is 1. The summed E-state index contributed by atoms with van der Waals surface area (Å²) < 4.78 is 7.70. The van der Waals surface area contributed by atoms with Crippen LogP contribution in [-0.2, 0) is 0 Å². The number of hydrogen-bond donors (Lipinski definition) is 1. The number of benzene rings is 2. The number of carbonyl (C=O) groups is 1. The topological polar surface area (TPSA) is 103 Å². The number of halogens is 2. The van der Waals surface area contributed by atoms with E-state index in [1.807, 2.05) is 36.6 Å². The van der Waals surface area contributed by atoms with Gasteiger partial charge < -0.3 is 8.98 Å². The van der Waals surface area contributed by atoms with Crippen molar-refractivity contribution in [1.29, 1.82) is 0 Å². The zero-order chi connectivity index (χ0) is 24.4. The Hall–Kier alpha value is -3.88. The molecular formula is C24H18Cl2N4O4. The van der Waals surface area contributed by atoms with Crippen LogP contribution < -0.4 is 5.43 Å². The van der Waals surface area contributed by atoms with Crippen molar-refractivity contribution in [1.82, 2.24) is 9.99 Å². The van der Waals surface area contributed by atoms with Crippen molar-refractivity contribution in [2.24, 2.45) is 5.10 Å². The molecule has 0 atom stereocenters. The lowest BCUT2D eigenvalue weighted by atomic mass is 10.1. The maximum absolute atomic E-state index is 12.5. The molecule has 0 aliphatic carbocycles. The number of rotatable bonds is 6. The summed E-state index contributed by atoms with van der Waals surface area (Å²) in [6, 6.07) is 16.6. The lowest BCUT2D eigenvalue weighted by Gasteiger charge is -2.11. The number of aryl methyl sites for hydroxylation is 2. The lowest BCUT2D eigenvalue weighted by molar-refractivity contribution is -0.384. The molecule has 8 nitrogen and oxygen atoms in total. The molecule has 172 valence electrons. The van der Waals surface area contributed by atoms with Crippen LogP contribution in [0.15, 0.2) is 70.2 Å². The Morgan fingerprint density at radius 1 is 1.03 bits per heavy atom. The number of hydrogen-bond acceptors (Lipinski definition) is 5. The summed E-state index contributed by atoms with van der Waals surface area (Å²) in [4.78, 5) is 22.9.